The van der Waals surface area contributed by atoms with Crippen LogP contribution < -0.4 is 5.73 Å². The molecule has 1 fully saturated rings. The first-order valence-electron chi connectivity index (χ1n) is 8.21. The van der Waals surface area contributed by atoms with Crippen molar-refractivity contribution in [2.75, 3.05) is 39.3 Å². The Labute approximate surface area is 129 Å². The van der Waals surface area contributed by atoms with Crippen LogP contribution in [0.4, 0.5) is 0 Å². The highest BCUT2D eigenvalue weighted by molar-refractivity contribution is 5.08. The fraction of sp³-hybridized carbons (Fsp3) is 0.812. The van der Waals surface area contributed by atoms with Gasteiger partial charge in [0.1, 0.15) is 0 Å². The Balaban J connectivity index is 2.01. The summed E-state index contributed by atoms with van der Waals surface area (Å²) in [6.45, 7) is 15.3. The largest absolute Gasteiger partial charge is 0.331 e. The van der Waals surface area contributed by atoms with Crippen molar-refractivity contribution in [1.82, 2.24) is 19.4 Å². The van der Waals surface area contributed by atoms with Gasteiger partial charge in [-0.15, -0.1) is 0 Å². The first-order chi connectivity index (χ1) is 10.0. The topological polar surface area (TPSA) is 50.3 Å². The molecule has 0 aromatic carbocycles. The highest BCUT2D eigenvalue weighted by Gasteiger charge is 2.26. The number of hydrogen-bond donors (Lipinski definition) is 1. The Bertz CT molecular complexity index is 418. The molecule has 2 heterocycles. The molecule has 2 N–H and O–H groups in total. The molecule has 5 heteroatoms. The molecule has 1 saturated heterocycles. The molecular weight excluding hydrogens is 262 g/mol. The number of imidazole rings is 1. The Kier molecular flexibility index (Phi) is 5.79. The van der Waals surface area contributed by atoms with E-state index in [0.717, 1.165) is 32.1 Å². The first kappa shape index (κ1) is 16.5. The zero-order valence-electron chi connectivity index (χ0n) is 14.0. The molecule has 21 heavy (non-hydrogen) atoms. The first-order valence-corrected chi connectivity index (χ1v) is 8.21. The number of nitrogens with two attached hydrogens (primary N) is 1. The van der Waals surface area contributed by atoms with E-state index in [4.69, 9.17) is 5.73 Å². The van der Waals surface area contributed by atoms with Crippen LogP contribution in [0.1, 0.15) is 45.5 Å². The fourth-order valence-electron chi connectivity index (χ4n) is 3.24. The molecule has 0 aliphatic carbocycles. The summed E-state index contributed by atoms with van der Waals surface area (Å²) in [4.78, 5) is 9.42. The number of aromatic nitrogens is 2. The Morgan fingerprint density at radius 1 is 1.14 bits per heavy atom. The van der Waals surface area contributed by atoms with E-state index < -0.39 is 0 Å². The van der Waals surface area contributed by atoms with Gasteiger partial charge in [-0.25, -0.2) is 4.98 Å². The summed E-state index contributed by atoms with van der Waals surface area (Å²) in [7, 11) is 0. The van der Waals surface area contributed by atoms with Gasteiger partial charge in [-0.1, -0.05) is 13.8 Å². The van der Waals surface area contributed by atoms with Crippen molar-refractivity contribution >= 4 is 0 Å². The number of nitrogens with zero attached hydrogens (tertiary/aromatic N) is 4. The van der Waals surface area contributed by atoms with E-state index in [1.54, 1.807) is 0 Å². The molecule has 5 nitrogen and oxygen atoms in total. The van der Waals surface area contributed by atoms with Crippen LogP contribution >= 0.6 is 0 Å². The van der Waals surface area contributed by atoms with Crippen LogP contribution in [0.2, 0.25) is 0 Å². The number of piperazine rings is 1. The fourth-order valence-corrected chi connectivity index (χ4v) is 3.24. The lowest BCUT2D eigenvalue weighted by molar-refractivity contribution is 0.0881. The van der Waals surface area contributed by atoms with Gasteiger partial charge in [-0.05, 0) is 19.8 Å². The second kappa shape index (κ2) is 7.38. The summed E-state index contributed by atoms with van der Waals surface area (Å²) < 4.78 is 2.25. The molecule has 0 amide bonds. The summed E-state index contributed by atoms with van der Waals surface area (Å²) in [6.07, 6.45) is 3.91. The van der Waals surface area contributed by atoms with Gasteiger partial charge in [-0.3, -0.25) is 4.90 Å². The third-order valence-electron chi connectivity index (χ3n) is 4.29. The zero-order valence-corrected chi connectivity index (χ0v) is 14.0. The molecule has 0 saturated carbocycles. The van der Waals surface area contributed by atoms with Crippen LogP contribution in [-0.2, 0) is 0 Å². The molecule has 0 spiro atoms. The second-order valence-electron chi connectivity index (χ2n) is 6.80. The van der Waals surface area contributed by atoms with E-state index in [0.29, 0.717) is 12.6 Å². The van der Waals surface area contributed by atoms with E-state index in [1.165, 1.54) is 12.2 Å². The highest BCUT2D eigenvalue weighted by atomic mass is 15.3. The van der Waals surface area contributed by atoms with Crippen LogP contribution in [0.5, 0.6) is 0 Å². The maximum atomic E-state index is 6.08. The third-order valence-corrected chi connectivity index (χ3v) is 4.29. The van der Waals surface area contributed by atoms with Gasteiger partial charge in [0.2, 0.25) is 0 Å². The third kappa shape index (κ3) is 4.05. The molecule has 1 aliphatic rings. The van der Waals surface area contributed by atoms with Crippen LogP contribution in [0.15, 0.2) is 12.5 Å². The molecular formula is C16H31N5. The standard InChI is InChI=1S/C16H31N5/c1-13(2)11-19-5-7-20(8-6-19)15(9-17)16-10-18-12-21(16)14(3)4/h10,12-15H,5-9,11,17H2,1-4H3. The highest BCUT2D eigenvalue weighted by Crippen LogP contribution is 2.23. The molecule has 1 aliphatic heterocycles. The van der Waals surface area contributed by atoms with Crippen LogP contribution in [-0.4, -0.2) is 58.6 Å². The molecule has 0 radical (unpaired) electrons. The normalized spacial score (nSPS) is 19.6. The SMILES string of the molecule is CC(C)CN1CCN(C(CN)c2cncn2C(C)C)CC1. The van der Waals surface area contributed by atoms with Gasteiger partial charge < -0.3 is 15.2 Å². The van der Waals surface area contributed by atoms with E-state index in [-0.39, 0.29) is 6.04 Å². The van der Waals surface area contributed by atoms with E-state index >= 15 is 0 Å². The summed E-state index contributed by atoms with van der Waals surface area (Å²) in [6, 6.07) is 0.717. The van der Waals surface area contributed by atoms with Crippen molar-refractivity contribution in [3.8, 4) is 0 Å². The van der Waals surface area contributed by atoms with Crippen molar-refractivity contribution in [2.24, 2.45) is 11.7 Å². The maximum Gasteiger partial charge on any atom is 0.0951 e. The lowest BCUT2D eigenvalue weighted by Crippen LogP contribution is -2.50. The van der Waals surface area contributed by atoms with Gasteiger partial charge in [0.25, 0.3) is 0 Å². The average Bonchev–Trinajstić information content (AvgIpc) is 2.90. The second-order valence-corrected chi connectivity index (χ2v) is 6.80. The van der Waals surface area contributed by atoms with Crippen LogP contribution in [0, 0.1) is 5.92 Å². The predicted octanol–water partition coefficient (Wildman–Crippen LogP) is 1.74. The van der Waals surface area contributed by atoms with Gasteiger partial charge in [-0.2, -0.15) is 0 Å². The molecule has 120 valence electrons. The molecule has 1 aromatic heterocycles. The Morgan fingerprint density at radius 2 is 1.81 bits per heavy atom. The maximum absolute atomic E-state index is 6.08. The van der Waals surface area contributed by atoms with Crippen LogP contribution in [0.3, 0.4) is 0 Å². The molecule has 0 bridgehead atoms. The Morgan fingerprint density at radius 3 is 2.33 bits per heavy atom. The van der Waals surface area contributed by atoms with Crippen molar-refractivity contribution in [1.29, 1.82) is 0 Å². The van der Waals surface area contributed by atoms with E-state index in [2.05, 4.69) is 47.0 Å². The lowest BCUT2D eigenvalue weighted by Gasteiger charge is -2.39. The van der Waals surface area contributed by atoms with Crippen molar-refractivity contribution < 1.29 is 0 Å². The van der Waals surface area contributed by atoms with Gasteiger partial charge in [0.15, 0.2) is 0 Å². The molecule has 2 rings (SSSR count). The summed E-state index contributed by atoms with van der Waals surface area (Å²) in [5.74, 6) is 0.740. The predicted molar refractivity (Wildman–Crippen MR) is 87.3 cm³/mol. The molecule has 1 unspecified atom stereocenters. The van der Waals surface area contributed by atoms with Gasteiger partial charge in [0, 0.05) is 51.5 Å². The minimum atomic E-state index is 0.288. The smallest absolute Gasteiger partial charge is 0.0951 e. The summed E-state index contributed by atoms with van der Waals surface area (Å²) >= 11 is 0. The van der Waals surface area contributed by atoms with E-state index in [1.807, 2.05) is 12.5 Å². The van der Waals surface area contributed by atoms with Crippen molar-refractivity contribution in [3.63, 3.8) is 0 Å². The number of hydrogen-bond acceptors (Lipinski definition) is 4. The Hall–Kier alpha value is -0.910. The zero-order chi connectivity index (χ0) is 15.4. The average molecular weight is 293 g/mol. The quantitative estimate of drug-likeness (QED) is 0.868. The van der Waals surface area contributed by atoms with E-state index in [9.17, 15) is 0 Å². The van der Waals surface area contributed by atoms with Crippen molar-refractivity contribution in [2.45, 2.75) is 39.8 Å². The molecule has 1 atom stereocenters. The number of rotatable bonds is 6. The van der Waals surface area contributed by atoms with Gasteiger partial charge in [0.05, 0.1) is 18.1 Å². The summed E-state index contributed by atoms with van der Waals surface area (Å²) in [5, 5.41) is 0. The van der Waals surface area contributed by atoms with Crippen molar-refractivity contribution in [3.05, 3.63) is 18.2 Å². The van der Waals surface area contributed by atoms with Gasteiger partial charge >= 0.3 is 0 Å². The monoisotopic (exact) mass is 293 g/mol. The minimum Gasteiger partial charge on any atom is -0.331 e. The summed E-state index contributed by atoms with van der Waals surface area (Å²) in [5.41, 5.74) is 7.34. The minimum absolute atomic E-state index is 0.288. The van der Waals surface area contributed by atoms with Crippen LogP contribution in [0.25, 0.3) is 0 Å². The molecule has 1 aromatic rings. The lowest BCUT2D eigenvalue weighted by atomic mass is 10.1.